The van der Waals surface area contributed by atoms with Gasteiger partial charge in [-0.3, -0.25) is 4.79 Å². The standard InChI is InChI=1S/C25H29NO5/c1-26-14-12-18(13-15-26)24-23(30-4)16-22(29-3)20(25(24)31-5)10-11-21(27)17-6-8-19(28-2)9-7-17/h6-12,16H,13-15H2,1-5H3/b11-10+. The quantitative estimate of drug-likeness (QED) is 0.465. The largest absolute Gasteiger partial charge is 0.497 e. The summed E-state index contributed by atoms with van der Waals surface area (Å²) in [5, 5.41) is 0. The van der Waals surface area contributed by atoms with Crippen molar-refractivity contribution in [3.8, 4) is 23.0 Å². The summed E-state index contributed by atoms with van der Waals surface area (Å²) in [7, 11) is 8.53. The lowest BCUT2D eigenvalue weighted by molar-refractivity contribution is 0.104. The van der Waals surface area contributed by atoms with Gasteiger partial charge in [0.1, 0.15) is 23.0 Å². The molecule has 3 rings (SSSR count). The normalized spacial score (nSPS) is 14.3. The summed E-state index contributed by atoms with van der Waals surface area (Å²) in [6, 6.07) is 8.85. The van der Waals surface area contributed by atoms with E-state index in [9.17, 15) is 4.79 Å². The number of likely N-dealkylation sites (N-methyl/N-ethyl adjacent to an activating group) is 1. The van der Waals surface area contributed by atoms with Crippen molar-refractivity contribution in [3.63, 3.8) is 0 Å². The molecule has 0 amide bonds. The van der Waals surface area contributed by atoms with Gasteiger partial charge in [0.25, 0.3) is 0 Å². The van der Waals surface area contributed by atoms with Crippen LogP contribution in [0.2, 0.25) is 0 Å². The van der Waals surface area contributed by atoms with Gasteiger partial charge in [-0.1, -0.05) is 6.08 Å². The first-order valence-electron chi connectivity index (χ1n) is 10.1. The first-order valence-corrected chi connectivity index (χ1v) is 10.1. The first kappa shape index (κ1) is 22.4. The smallest absolute Gasteiger partial charge is 0.185 e. The third-order valence-electron chi connectivity index (χ3n) is 5.40. The van der Waals surface area contributed by atoms with E-state index < -0.39 is 0 Å². The minimum Gasteiger partial charge on any atom is -0.497 e. The Kier molecular flexibility index (Phi) is 7.36. The summed E-state index contributed by atoms with van der Waals surface area (Å²) >= 11 is 0. The molecule has 2 aromatic carbocycles. The fraction of sp³-hybridized carbons (Fsp3) is 0.320. The number of hydrogen-bond acceptors (Lipinski definition) is 6. The fourth-order valence-corrected chi connectivity index (χ4v) is 3.64. The molecule has 31 heavy (non-hydrogen) atoms. The summed E-state index contributed by atoms with van der Waals surface area (Å²) in [5.41, 5.74) is 3.32. The SMILES string of the molecule is COc1ccc(C(=O)/C=C/c2c(OC)cc(OC)c(C3=CCN(C)CC3)c2OC)cc1. The molecule has 6 nitrogen and oxygen atoms in total. The van der Waals surface area contributed by atoms with Gasteiger partial charge in [-0.25, -0.2) is 0 Å². The Bertz CT molecular complexity index is 992. The first-order chi connectivity index (χ1) is 15.0. The van der Waals surface area contributed by atoms with Crippen molar-refractivity contribution >= 4 is 17.4 Å². The Hall–Kier alpha value is -3.25. The highest BCUT2D eigenvalue weighted by molar-refractivity contribution is 6.07. The fourth-order valence-electron chi connectivity index (χ4n) is 3.64. The molecule has 0 spiro atoms. The van der Waals surface area contributed by atoms with Crippen LogP contribution in [0.15, 0.2) is 42.5 Å². The second-order valence-electron chi connectivity index (χ2n) is 7.27. The maximum absolute atomic E-state index is 12.7. The Labute approximate surface area is 183 Å². The average Bonchev–Trinajstić information content (AvgIpc) is 2.82. The Morgan fingerprint density at radius 1 is 0.968 bits per heavy atom. The molecule has 1 aliphatic heterocycles. The molecule has 0 fully saturated rings. The van der Waals surface area contributed by atoms with Gasteiger partial charge in [-0.15, -0.1) is 0 Å². The molecule has 0 bridgehead atoms. The van der Waals surface area contributed by atoms with E-state index in [-0.39, 0.29) is 5.78 Å². The van der Waals surface area contributed by atoms with Crippen LogP contribution < -0.4 is 18.9 Å². The highest BCUT2D eigenvalue weighted by Gasteiger charge is 2.23. The molecule has 0 N–H and O–H groups in total. The number of methoxy groups -OCH3 is 4. The van der Waals surface area contributed by atoms with Crippen LogP contribution >= 0.6 is 0 Å². The molecule has 0 atom stereocenters. The van der Waals surface area contributed by atoms with E-state index in [0.29, 0.717) is 34.1 Å². The summed E-state index contributed by atoms with van der Waals surface area (Å²) in [4.78, 5) is 15.0. The number of carbonyl (C=O) groups excluding carboxylic acids is 1. The number of ether oxygens (including phenoxy) is 4. The highest BCUT2D eigenvalue weighted by Crippen LogP contribution is 2.45. The lowest BCUT2D eigenvalue weighted by Crippen LogP contribution is -2.24. The van der Waals surface area contributed by atoms with Crippen LogP contribution in [-0.2, 0) is 0 Å². The van der Waals surface area contributed by atoms with Gasteiger partial charge in [-0.2, -0.15) is 0 Å². The summed E-state index contributed by atoms with van der Waals surface area (Å²) in [6.07, 6.45) is 6.33. The van der Waals surface area contributed by atoms with E-state index in [1.165, 1.54) is 6.08 Å². The van der Waals surface area contributed by atoms with Crippen LogP contribution in [-0.4, -0.2) is 59.3 Å². The lowest BCUT2D eigenvalue weighted by Gasteiger charge is -2.25. The third-order valence-corrected chi connectivity index (χ3v) is 5.40. The molecule has 6 heteroatoms. The molecule has 0 saturated carbocycles. The zero-order chi connectivity index (χ0) is 22.4. The number of allylic oxidation sites excluding steroid dienone is 1. The molecule has 0 saturated heterocycles. The molecule has 0 unspecified atom stereocenters. The van der Waals surface area contributed by atoms with Crippen LogP contribution in [0.4, 0.5) is 0 Å². The minimum atomic E-state index is -0.123. The molecular formula is C25H29NO5. The van der Waals surface area contributed by atoms with Crippen molar-refractivity contribution in [2.75, 3.05) is 48.6 Å². The van der Waals surface area contributed by atoms with Crippen LogP contribution in [0.3, 0.4) is 0 Å². The topological polar surface area (TPSA) is 57.2 Å². The van der Waals surface area contributed by atoms with Crippen molar-refractivity contribution in [2.24, 2.45) is 0 Å². The summed E-state index contributed by atoms with van der Waals surface area (Å²) < 4.78 is 22.2. The number of carbonyl (C=O) groups is 1. The number of benzene rings is 2. The average molecular weight is 424 g/mol. The van der Waals surface area contributed by atoms with Gasteiger partial charge < -0.3 is 23.8 Å². The van der Waals surface area contributed by atoms with Gasteiger partial charge >= 0.3 is 0 Å². The van der Waals surface area contributed by atoms with Gasteiger partial charge in [0.2, 0.25) is 0 Å². The van der Waals surface area contributed by atoms with Crippen molar-refractivity contribution in [3.05, 3.63) is 59.2 Å². The third kappa shape index (κ3) is 4.91. The van der Waals surface area contributed by atoms with E-state index in [2.05, 4.69) is 18.0 Å². The predicted octanol–water partition coefficient (Wildman–Crippen LogP) is 4.34. The van der Waals surface area contributed by atoms with Crippen molar-refractivity contribution in [1.82, 2.24) is 4.90 Å². The number of hydrogen-bond donors (Lipinski definition) is 0. The Morgan fingerprint density at radius 3 is 2.23 bits per heavy atom. The maximum atomic E-state index is 12.7. The lowest BCUT2D eigenvalue weighted by atomic mass is 9.94. The molecule has 0 aromatic heterocycles. The minimum absolute atomic E-state index is 0.123. The van der Waals surface area contributed by atoms with Crippen LogP contribution in [0.25, 0.3) is 11.6 Å². The molecule has 0 aliphatic carbocycles. The Balaban J connectivity index is 2.04. The van der Waals surface area contributed by atoms with Crippen molar-refractivity contribution in [1.29, 1.82) is 0 Å². The monoisotopic (exact) mass is 423 g/mol. The zero-order valence-electron chi connectivity index (χ0n) is 18.7. The van der Waals surface area contributed by atoms with Crippen molar-refractivity contribution in [2.45, 2.75) is 6.42 Å². The summed E-state index contributed by atoms with van der Waals surface area (Å²) in [6.45, 7) is 1.81. The maximum Gasteiger partial charge on any atom is 0.185 e. The highest BCUT2D eigenvalue weighted by atomic mass is 16.5. The van der Waals surface area contributed by atoms with Crippen LogP contribution in [0.1, 0.15) is 27.9 Å². The molecule has 164 valence electrons. The van der Waals surface area contributed by atoms with Gasteiger partial charge in [-0.05, 0) is 55.5 Å². The van der Waals surface area contributed by atoms with Crippen molar-refractivity contribution < 1.29 is 23.7 Å². The van der Waals surface area contributed by atoms with E-state index >= 15 is 0 Å². The van der Waals surface area contributed by atoms with E-state index in [1.807, 2.05) is 6.07 Å². The predicted molar refractivity (Wildman–Crippen MR) is 123 cm³/mol. The molecule has 0 radical (unpaired) electrons. The van der Waals surface area contributed by atoms with Crippen LogP contribution in [0.5, 0.6) is 23.0 Å². The Morgan fingerprint density at radius 2 is 1.68 bits per heavy atom. The number of ketones is 1. The van der Waals surface area contributed by atoms with Gasteiger partial charge in [0, 0.05) is 24.7 Å². The molecule has 1 aliphatic rings. The van der Waals surface area contributed by atoms with E-state index in [0.717, 1.165) is 30.6 Å². The second kappa shape index (κ2) is 10.2. The molecular weight excluding hydrogens is 394 g/mol. The van der Waals surface area contributed by atoms with E-state index in [1.54, 1.807) is 58.8 Å². The molecule has 1 heterocycles. The summed E-state index contributed by atoms with van der Waals surface area (Å²) in [5.74, 6) is 2.47. The number of rotatable bonds is 8. The van der Waals surface area contributed by atoms with Gasteiger partial charge in [0.15, 0.2) is 5.78 Å². The van der Waals surface area contributed by atoms with E-state index in [4.69, 9.17) is 18.9 Å². The zero-order valence-corrected chi connectivity index (χ0v) is 18.7. The molecule has 2 aromatic rings. The van der Waals surface area contributed by atoms with Gasteiger partial charge in [0.05, 0.1) is 39.6 Å². The second-order valence-corrected chi connectivity index (χ2v) is 7.27. The van der Waals surface area contributed by atoms with Crippen LogP contribution in [0, 0.1) is 0 Å². The number of nitrogens with zero attached hydrogens (tertiary/aromatic N) is 1.